The molecule has 7 heteroatoms. The van der Waals surface area contributed by atoms with E-state index >= 15 is 0 Å². The molecule has 124 valence electrons. The van der Waals surface area contributed by atoms with Crippen molar-refractivity contribution in [3.63, 3.8) is 0 Å². The van der Waals surface area contributed by atoms with E-state index in [0.29, 0.717) is 12.5 Å². The Labute approximate surface area is 144 Å². The van der Waals surface area contributed by atoms with Crippen molar-refractivity contribution >= 4 is 22.8 Å². The number of benzene rings is 1. The van der Waals surface area contributed by atoms with Crippen LogP contribution in [0.25, 0.3) is 22.6 Å². The maximum atomic E-state index is 5.62. The number of hydrogen-bond acceptors (Lipinski definition) is 6. The summed E-state index contributed by atoms with van der Waals surface area (Å²) in [5.74, 6) is 1.36. The van der Waals surface area contributed by atoms with Crippen molar-refractivity contribution in [3.8, 4) is 11.4 Å². The van der Waals surface area contributed by atoms with Gasteiger partial charge in [0, 0.05) is 37.2 Å². The van der Waals surface area contributed by atoms with Gasteiger partial charge in [0.15, 0.2) is 5.65 Å². The molecule has 3 aromatic heterocycles. The minimum absolute atomic E-state index is 0.523. The fourth-order valence-electron chi connectivity index (χ4n) is 2.65. The summed E-state index contributed by atoms with van der Waals surface area (Å²) in [7, 11) is 1.94. The van der Waals surface area contributed by atoms with E-state index in [1.54, 1.807) is 18.6 Å². The number of fused-ring (bicyclic) bond motifs is 1. The summed E-state index contributed by atoms with van der Waals surface area (Å²) in [5.41, 5.74) is 10.1. The molecule has 0 aliphatic heterocycles. The van der Waals surface area contributed by atoms with Gasteiger partial charge in [0.2, 0.25) is 5.95 Å². The highest BCUT2D eigenvalue weighted by molar-refractivity contribution is 5.77. The van der Waals surface area contributed by atoms with Gasteiger partial charge in [-0.3, -0.25) is 4.98 Å². The second-order valence-corrected chi connectivity index (χ2v) is 5.66. The number of nitrogens with one attached hydrogen (secondary N) is 1. The Morgan fingerprint density at radius 2 is 1.80 bits per heavy atom. The van der Waals surface area contributed by atoms with Crippen molar-refractivity contribution in [1.29, 1.82) is 0 Å². The second-order valence-electron chi connectivity index (χ2n) is 5.66. The lowest BCUT2D eigenvalue weighted by molar-refractivity contribution is 0.939. The average Bonchev–Trinajstić information content (AvgIpc) is 2.99. The summed E-state index contributed by atoms with van der Waals surface area (Å²) in [5, 5.41) is 3.21. The van der Waals surface area contributed by atoms with Gasteiger partial charge in [-0.15, -0.1) is 0 Å². The largest absolute Gasteiger partial charge is 0.326 e. The fourth-order valence-corrected chi connectivity index (χ4v) is 2.65. The Bertz CT molecular complexity index is 1010. The van der Waals surface area contributed by atoms with Crippen molar-refractivity contribution < 1.29 is 0 Å². The molecule has 25 heavy (non-hydrogen) atoms. The maximum absolute atomic E-state index is 5.62. The Kier molecular flexibility index (Phi) is 3.83. The molecule has 0 unspecified atom stereocenters. The van der Waals surface area contributed by atoms with Crippen LogP contribution in [0.5, 0.6) is 0 Å². The van der Waals surface area contributed by atoms with Crippen molar-refractivity contribution in [2.75, 3.05) is 5.32 Å². The molecule has 0 aliphatic rings. The van der Waals surface area contributed by atoms with Gasteiger partial charge in [-0.1, -0.05) is 12.1 Å². The van der Waals surface area contributed by atoms with E-state index in [-0.39, 0.29) is 0 Å². The number of rotatable bonds is 4. The summed E-state index contributed by atoms with van der Waals surface area (Å²) < 4.78 is 1.95. The number of hydrogen-bond donors (Lipinski definition) is 2. The normalized spacial score (nSPS) is 11.0. The van der Waals surface area contributed by atoms with E-state index in [4.69, 9.17) is 5.73 Å². The van der Waals surface area contributed by atoms with Crippen LogP contribution in [0.1, 0.15) is 5.56 Å². The van der Waals surface area contributed by atoms with Crippen LogP contribution in [0.2, 0.25) is 0 Å². The van der Waals surface area contributed by atoms with Crippen LogP contribution in [-0.4, -0.2) is 24.5 Å². The van der Waals surface area contributed by atoms with Gasteiger partial charge in [-0.25, -0.2) is 9.97 Å². The van der Waals surface area contributed by atoms with Crippen LogP contribution in [0, 0.1) is 0 Å². The molecule has 1 aromatic carbocycles. The molecule has 0 fully saturated rings. The average molecular weight is 331 g/mol. The first-order valence-electron chi connectivity index (χ1n) is 7.90. The molecule has 0 radical (unpaired) electrons. The number of imidazole rings is 1. The summed E-state index contributed by atoms with van der Waals surface area (Å²) in [6, 6.07) is 11.7. The van der Waals surface area contributed by atoms with E-state index in [9.17, 15) is 0 Å². The molecule has 0 saturated heterocycles. The Morgan fingerprint density at radius 3 is 2.52 bits per heavy atom. The molecule has 0 bridgehead atoms. The summed E-state index contributed by atoms with van der Waals surface area (Å²) in [6.07, 6.45) is 5.22. The smallest absolute Gasteiger partial charge is 0.229 e. The third-order valence-corrected chi connectivity index (χ3v) is 4.00. The molecule has 7 nitrogen and oxygen atoms in total. The molecule has 0 amide bonds. The molecule has 3 heterocycles. The third-order valence-electron chi connectivity index (χ3n) is 4.00. The lowest BCUT2D eigenvalue weighted by Gasteiger charge is -2.06. The molecular formula is C18H17N7. The molecule has 0 spiro atoms. The van der Waals surface area contributed by atoms with Crippen LogP contribution in [-0.2, 0) is 13.6 Å². The zero-order chi connectivity index (χ0) is 17.2. The summed E-state index contributed by atoms with van der Waals surface area (Å²) in [6.45, 7) is 0.523. The van der Waals surface area contributed by atoms with Crippen LogP contribution < -0.4 is 11.1 Å². The van der Waals surface area contributed by atoms with Gasteiger partial charge in [-0.05, 0) is 29.8 Å². The maximum Gasteiger partial charge on any atom is 0.229 e. The quantitative estimate of drug-likeness (QED) is 0.597. The SMILES string of the molecule is Cn1c(-c2ccncc2)nc2cnc(Nc3ccc(CN)cc3)nc21. The topological polar surface area (TPSA) is 94.5 Å². The summed E-state index contributed by atoms with van der Waals surface area (Å²) >= 11 is 0. The van der Waals surface area contributed by atoms with Gasteiger partial charge < -0.3 is 15.6 Å². The molecule has 4 aromatic rings. The predicted molar refractivity (Wildman–Crippen MR) is 97.2 cm³/mol. The van der Waals surface area contributed by atoms with E-state index < -0.39 is 0 Å². The van der Waals surface area contributed by atoms with E-state index in [1.165, 1.54) is 0 Å². The van der Waals surface area contributed by atoms with Gasteiger partial charge in [0.05, 0.1) is 6.20 Å². The first-order chi connectivity index (χ1) is 12.2. The van der Waals surface area contributed by atoms with Crippen molar-refractivity contribution in [3.05, 3.63) is 60.6 Å². The first-order valence-corrected chi connectivity index (χ1v) is 7.90. The van der Waals surface area contributed by atoms with E-state index in [2.05, 4.69) is 25.3 Å². The van der Waals surface area contributed by atoms with Crippen LogP contribution in [0.15, 0.2) is 55.0 Å². The minimum atomic E-state index is 0.523. The van der Waals surface area contributed by atoms with E-state index in [1.807, 2.05) is 48.0 Å². The number of anilines is 2. The van der Waals surface area contributed by atoms with Gasteiger partial charge >= 0.3 is 0 Å². The number of aromatic nitrogens is 5. The monoisotopic (exact) mass is 331 g/mol. The van der Waals surface area contributed by atoms with Gasteiger partial charge in [0.25, 0.3) is 0 Å². The highest BCUT2D eigenvalue weighted by Gasteiger charge is 2.12. The lowest BCUT2D eigenvalue weighted by Crippen LogP contribution is -2.00. The number of nitrogens with two attached hydrogens (primary N) is 1. The molecule has 4 rings (SSSR count). The van der Waals surface area contributed by atoms with Crippen molar-refractivity contribution in [2.45, 2.75) is 6.54 Å². The second kappa shape index (κ2) is 6.29. The third kappa shape index (κ3) is 2.92. The molecule has 0 saturated carbocycles. The van der Waals surface area contributed by atoms with Gasteiger partial charge in [-0.2, -0.15) is 4.98 Å². The van der Waals surface area contributed by atoms with Crippen LogP contribution in [0.4, 0.5) is 11.6 Å². The Balaban J connectivity index is 1.69. The zero-order valence-corrected chi connectivity index (χ0v) is 13.7. The van der Waals surface area contributed by atoms with Gasteiger partial charge in [0.1, 0.15) is 11.3 Å². The first kappa shape index (κ1) is 15.2. The lowest BCUT2D eigenvalue weighted by atomic mass is 10.2. The Hall–Kier alpha value is -3.32. The molecular weight excluding hydrogens is 314 g/mol. The number of pyridine rings is 1. The van der Waals surface area contributed by atoms with Crippen LogP contribution >= 0.6 is 0 Å². The predicted octanol–water partition coefficient (Wildman–Crippen LogP) is 2.63. The van der Waals surface area contributed by atoms with E-state index in [0.717, 1.165) is 33.8 Å². The minimum Gasteiger partial charge on any atom is -0.326 e. The number of nitrogens with zero attached hydrogens (tertiary/aromatic N) is 5. The summed E-state index contributed by atoms with van der Waals surface area (Å²) in [4.78, 5) is 17.6. The molecule has 0 atom stereocenters. The van der Waals surface area contributed by atoms with Crippen molar-refractivity contribution in [1.82, 2.24) is 24.5 Å². The number of aryl methyl sites for hydroxylation is 1. The fraction of sp³-hybridized carbons (Fsp3) is 0.111. The van der Waals surface area contributed by atoms with Crippen molar-refractivity contribution in [2.24, 2.45) is 12.8 Å². The highest BCUT2D eigenvalue weighted by atomic mass is 15.2. The standard InChI is InChI=1S/C18H17N7/c1-25-16(13-6-8-20-9-7-13)23-15-11-21-18(24-17(15)25)22-14-4-2-12(10-19)3-5-14/h2-9,11H,10,19H2,1H3,(H,21,22,24). The zero-order valence-electron chi connectivity index (χ0n) is 13.7. The Morgan fingerprint density at radius 1 is 1.04 bits per heavy atom. The molecule has 0 aliphatic carbocycles. The molecule has 3 N–H and O–H groups in total. The van der Waals surface area contributed by atoms with Crippen LogP contribution in [0.3, 0.4) is 0 Å². The highest BCUT2D eigenvalue weighted by Crippen LogP contribution is 2.23.